The van der Waals surface area contributed by atoms with Gasteiger partial charge in [-0.25, -0.2) is 0 Å². The Hall–Kier alpha value is -0.460. The van der Waals surface area contributed by atoms with Gasteiger partial charge in [-0.2, -0.15) is 0 Å². The molecule has 0 bridgehead atoms. The molecule has 2 atom stereocenters. The van der Waals surface area contributed by atoms with Crippen molar-refractivity contribution in [3.05, 3.63) is 0 Å². The Kier molecular flexibility index (Phi) is 26.4. The Morgan fingerprint density at radius 1 is 0.737 bits per heavy atom. The molecule has 0 amide bonds. The summed E-state index contributed by atoms with van der Waals surface area (Å²) in [7, 11) is -3.75. The van der Waals surface area contributed by atoms with Crippen LogP contribution in [0.15, 0.2) is 0 Å². The van der Waals surface area contributed by atoms with E-state index < -0.39 is 13.7 Å². The monoisotopic (exact) mass is 563 g/mol. The van der Waals surface area contributed by atoms with Crippen LogP contribution < -0.4 is 0 Å². The zero-order valence-electron chi connectivity index (χ0n) is 25.4. The highest BCUT2D eigenvalue weighted by Crippen LogP contribution is 2.41. The molecule has 0 saturated carbocycles. The van der Waals surface area contributed by atoms with E-state index in [9.17, 15) is 14.3 Å². The van der Waals surface area contributed by atoms with E-state index in [2.05, 4.69) is 11.8 Å². The van der Waals surface area contributed by atoms with Crippen molar-refractivity contribution in [2.24, 2.45) is 0 Å². The largest absolute Gasteiger partial charge is 0.457 e. The molecule has 1 N–H and O–H groups in total. The molecule has 0 aromatic heterocycles. The van der Waals surface area contributed by atoms with Crippen molar-refractivity contribution < 1.29 is 28.3 Å². The maximum Gasteiger partial charge on any atom is 0.329 e. The number of esters is 1. The van der Waals surface area contributed by atoms with E-state index in [4.69, 9.17) is 14.0 Å². The molecule has 8 heteroatoms. The van der Waals surface area contributed by atoms with E-state index in [0.717, 1.165) is 25.9 Å². The van der Waals surface area contributed by atoms with Gasteiger partial charge in [-0.15, -0.1) is 0 Å². The van der Waals surface area contributed by atoms with Crippen LogP contribution in [0.25, 0.3) is 0 Å². The highest BCUT2D eigenvalue weighted by atomic mass is 31.2. The summed E-state index contributed by atoms with van der Waals surface area (Å²) in [6.07, 6.45) is 20.9. The third-order valence-electron chi connectivity index (χ3n) is 7.09. The van der Waals surface area contributed by atoms with E-state index in [-0.39, 0.29) is 31.8 Å². The van der Waals surface area contributed by atoms with Crippen LogP contribution in [0.3, 0.4) is 0 Å². The molecule has 7 nitrogen and oxygen atoms in total. The first-order chi connectivity index (χ1) is 18.4. The topological polar surface area (TPSA) is 85.3 Å². The van der Waals surface area contributed by atoms with Crippen LogP contribution in [-0.2, 0) is 23.4 Å². The fraction of sp³-hybridized carbons (Fsp3) is 0.967. The van der Waals surface area contributed by atoms with Gasteiger partial charge >= 0.3 is 13.6 Å². The van der Waals surface area contributed by atoms with Crippen molar-refractivity contribution in [2.75, 3.05) is 45.6 Å². The maximum absolute atomic E-state index is 12.4. The molecular weight excluding hydrogens is 501 g/mol. The fourth-order valence-corrected chi connectivity index (χ4v) is 5.49. The summed E-state index contributed by atoms with van der Waals surface area (Å²) >= 11 is 0. The third kappa shape index (κ3) is 24.6. The van der Waals surface area contributed by atoms with Crippen LogP contribution in [-0.4, -0.2) is 67.5 Å². The van der Waals surface area contributed by atoms with E-state index in [0.29, 0.717) is 13.2 Å². The Morgan fingerprint density at radius 3 is 1.66 bits per heavy atom. The van der Waals surface area contributed by atoms with Crippen molar-refractivity contribution >= 4 is 13.6 Å². The predicted molar refractivity (Wildman–Crippen MR) is 159 cm³/mol. The van der Waals surface area contributed by atoms with Gasteiger partial charge in [0.1, 0.15) is 6.10 Å². The minimum Gasteiger partial charge on any atom is -0.457 e. The summed E-state index contributed by atoms with van der Waals surface area (Å²) in [4.78, 5) is 24.0. The molecule has 2 unspecified atom stereocenters. The fourth-order valence-electron chi connectivity index (χ4n) is 4.42. The van der Waals surface area contributed by atoms with E-state index in [1.54, 1.807) is 6.92 Å². The van der Waals surface area contributed by atoms with Crippen LogP contribution in [0, 0.1) is 0 Å². The molecule has 0 aliphatic heterocycles. The van der Waals surface area contributed by atoms with Crippen molar-refractivity contribution in [3.63, 3.8) is 0 Å². The molecule has 228 valence electrons. The summed E-state index contributed by atoms with van der Waals surface area (Å²) in [5, 5.41) is 0. The van der Waals surface area contributed by atoms with Crippen LogP contribution >= 0.6 is 7.60 Å². The van der Waals surface area contributed by atoms with Crippen molar-refractivity contribution in [3.8, 4) is 0 Å². The third-order valence-corrected chi connectivity index (χ3v) is 8.41. The van der Waals surface area contributed by atoms with Crippen molar-refractivity contribution in [2.45, 2.75) is 143 Å². The zero-order chi connectivity index (χ0) is 28.3. The number of nitrogens with zero attached hydrogens (tertiary/aromatic N) is 1. The standard InChI is InChI=1S/C30H62NO6P/c1-5-9-10-11-12-13-14-15-16-17-18-19-20-21-22-23-25-35-27-29(37-30(32)6-2)28-36-38(33,34)26-24-31(7-3)8-4/h29H,5-28H2,1-4H3,(H,33,34). The SMILES string of the molecule is CCCCCCCCCCCCCCCCCCOCC(COP(=O)(O)CCN(CC)CC)OC(=O)CC. The molecule has 0 aliphatic rings. The molecule has 0 aromatic rings. The molecule has 0 radical (unpaired) electrons. The molecule has 0 fully saturated rings. The Bertz CT molecular complexity index is 573. The number of rotatable bonds is 29. The first kappa shape index (κ1) is 37.5. The first-order valence-corrected chi connectivity index (χ1v) is 17.6. The summed E-state index contributed by atoms with van der Waals surface area (Å²) in [6, 6.07) is 0. The van der Waals surface area contributed by atoms with Crippen LogP contribution in [0.2, 0.25) is 0 Å². The van der Waals surface area contributed by atoms with Gasteiger partial charge in [0.2, 0.25) is 0 Å². The highest BCUT2D eigenvalue weighted by Gasteiger charge is 2.24. The lowest BCUT2D eigenvalue weighted by Crippen LogP contribution is -2.29. The number of unbranched alkanes of at least 4 members (excludes halogenated alkanes) is 15. The second-order valence-corrected chi connectivity index (χ2v) is 12.5. The van der Waals surface area contributed by atoms with Gasteiger partial charge in [-0.05, 0) is 19.5 Å². The van der Waals surface area contributed by atoms with Crippen LogP contribution in [0.1, 0.15) is 137 Å². The predicted octanol–water partition coefficient (Wildman–Crippen LogP) is 8.13. The molecule has 38 heavy (non-hydrogen) atoms. The normalized spacial score (nSPS) is 14.1. The number of hydrogen-bond acceptors (Lipinski definition) is 6. The molecule has 0 spiro atoms. The summed E-state index contributed by atoms with van der Waals surface area (Å²) in [5.74, 6) is -0.361. The Morgan fingerprint density at radius 2 is 1.21 bits per heavy atom. The minimum atomic E-state index is -3.75. The van der Waals surface area contributed by atoms with Crippen molar-refractivity contribution in [1.82, 2.24) is 4.90 Å². The Labute approximate surface area is 235 Å². The lowest BCUT2D eigenvalue weighted by Gasteiger charge is -2.22. The number of carbonyl (C=O) groups is 1. The first-order valence-electron chi connectivity index (χ1n) is 15.8. The molecule has 0 aromatic carbocycles. The lowest BCUT2D eigenvalue weighted by atomic mass is 10.0. The average Bonchev–Trinajstić information content (AvgIpc) is 2.91. The molecule has 0 aliphatic carbocycles. The number of hydrogen-bond donors (Lipinski definition) is 1. The average molecular weight is 564 g/mol. The zero-order valence-corrected chi connectivity index (χ0v) is 26.3. The van der Waals surface area contributed by atoms with Crippen LogP contribution in [0.4, 0.5) is 0 Å². The maximum atomic E-state index is 12.4. The van der Waals surface area contributed by atoms with Gasteiger partial charge < -0.3 is 23.8 Å². The van der Waals surface area contributed by atoms with E-state index in [1.807, 2.05) is 13.8 Å². The quantitative estimate of drug-likeness (QED) is 0.0558. The van der Waals surface area contributed by atoms with Gasteiger partial charge in [0.05, 0.1) is 19.4 Å². The highest BCUT2D eigenvalue weighted by molar-refractivity contribution is 7.52. The Balaban J connectivity index is 3.82. The molecule has 0 heterocycles. The number of carbonyl (C=O) groups excluding carboxylic acids is 1. The van der Waals surface area contributed by atoms with Gasteiger partial charge in [0.25, 0.3) is 0 Å². The summed E-state index contributed by atoms with van der Waals surface area (Å²) in [6.45, 7) is 10.8. The van der Waals surface area contributed by atoms with E-state index >= 15 is 0 Å². The van der Waals surface area contributed by atoms with Gasteiger partial charge in [-0.1, -0.05) is 124 Å². The van der Waals surface area contributed by atoms with Crippen molar-refractivity contribution in [1.29, 1.82) is 0 Å². The lowest BCUT2D eigenvalue weighted by molar-refractivity contribution is -0.153. The second-order valence-electron chi connectivity index (χ2n) is 10.5. The van der Waals surface area contributed by atoms with E-state index in [1.165, 1.54) is 89.9 Å². The molecule has 0 rings (SSSR count). The molecule has 0 saturated heterocycles. The summed E-state index contributed by atoms with van der Waals surface area (Å²) < 4.78 is 28.8. The van der Waals surface area contributed by atoms with Gasteiger partial charge in [0, 0.05) is 19.6 Å². The minimum absolute atomic E-state index is 0.0587. The summed E-state index contributed by atoms with van der Waals surface area (Å²) in [5.41, 5.74) is 0. The van der Waals surface area contributed by atoms with Crippen LogP contribution in [0.5, 0.6) is 0 Å². The van der Waals surface area contributed by atoms with Gasteiger partial charge in [-0.3, -0.25) is 9.36 Å². The smallest absolute Gasteiger partial charge is 0.329 e. The second kappa shape index (κ2) is 26.7. The molecular formula is C30H62NO6P. The number of ether oxygens (including phenoxy) is 2. The van der Waals surface area contributed by atoms with Gasteiger partial charge in [0.15, 0.2) is 0 Å².